The van der Waals surface area contributed by atoms with Crippen LogP contribution < -0.4 is 0 Å². The molecule has 3 rings (SSSR count). The third-order valence-corrected chi connectivity index (χ3v) is 5.31. The summed E-state index contributed by atoms with van der Waals surface area (Å²) in [5.74, 6) is -0.0929. The second-order valence-corrected chi connectivity index (χ2v) is 7.69. The standard InChI is InChI=1S/C24H28N4O3/c1-5-13-26(14-6-2)24(29)23-16-22(19-8-7-17(3)18(4)15-19)25-27(23)20-9-11-21(12-10-20)28(30)31/h7-12,15-16H,5-6,13-14H2,1-4H3. The quantitative estimate of drug-likeness (QED) is 0.364. The fourth-order valence-corrected chi connectivity index (χ4v) is 3.50. The highest BCUT2D eigenvalue weighted by Crippen LogP contribution is 2.26. The molecular weight excluding hydrogens is 392 g/mol. The minimum Gasteiger partial charge on any atom is -0.337 e. The minimum absolute atomic E-state index is 0.00300. The van der Waals surface area contributed by atoms with E-state index in [2.05, 4.69) is 13.0 Å². The Bertz CT molecular complexity index is 1080. The average molecular weight is 421 g/mol. The van der Waals surface area contributed by atoms with Crippen molar-refractivity contribution in [1.29, 1.82) is 0 Å². The first-order valence-corrected chi connectivity index (χ1v) is 10.6. The van der Waals surface area contributed by atoms with E-state index in [1.807, 2.05) is 43.9 Å². The first-order valence-electron chi connectivity index (χ1n) is 10.6. The van der Waals surface area contributed by atoms with Gasteiger partial charge < -0.3 is 4.90 Å². The minimum atomic E-state index is -0.441. The topological polar surface area (TPSA) is 81.3 Å². The number of carbonyl (C=O) groups excluding carboxylic acids is 1. The number of nitrogens with zero attached hydrogens (tertiary/aromatic N) is 4. The van der Waals surface area contributed by atoms with Crippen molar-refractivity contribution in [2.45, 2.75) is 40.5 Å². The van der Waals surface area contributed by atoms with Crippen molar-refractivity contribution in [3.05, 3.63) is 75.5 Å². The molecule has 0 saturated carbocycles. The zero-order valence-corrected chi connectivity index (χ0v) is 18.5. The van der Waals surface area contributed by atoms with E-state index in [1.54, 1.807) is 16.8 Å². The highest BCUT2D eigenvalue weighted by atomic mass is 16.6. The zero-order chi connectivity index (χ0) is 22.5. The van der Waals surface area contributed by atoms with Crippen LogP contribution >= 0.6 is 0 Å². The van der Waals surface area contributed by atoms with Gasteiger partial charge in [0, 0.05) is 30.8 Å². The molecule has 1 heterocycles. The number of benzene rings is 2. The molecule has 0 radical (unpaired) electrons. The van der Waals surface area contributed by atoms with Crippen LogP contribution in [0, 0.1) is 24.0 Å². The SMILES string of the molecule is CCCN(CCC)C(=O)c1cc(-c2ccc(C)c(C)c2)nn1-c1ccc([N+](=O)[O-])cc1. The van der Waals surface area contributed by atoms with E-state index in [0.717, 1.165) is 24.0 Å². The molecule has 0 saturated heterocycles. The summed E-state index contributed by atoms with van der Waals surface area (Å²) in [5, 5.41) is 15.7. The predicted molar refractivity (Wildman–Crippen MR) is 122 cm³/mol. The number of aryl methyl sites for hydroxylation is 2. The number of non-ortho nitro benzene ring substituents is 1. The number of aromatic nitrogens is 2. The number of nitro groups is 1. The Balaban J connectivity index is 2.12. The number of nitro benzene ring substituents is 1. The van der Waals surface area contributed by atoms with E-state index in [0.29, 0.717) is 30.2 Å². The third kappa shape index (κ3) is 4.82. The van der Waals surface area contributed by atoms with Crippen molar-refractivity contribution in [3.8, 4) is 16.9 Å². The molecule has 0 fully saturated rings. The van der Waals surface area contributed by atoms with Gasteiger partial charge in [-0.25, -0.2) is 4.68 Å². The molecule has 0 atom stereocenters. The maximum atomic E-state index is 13.4. The molecular formula is C24H28N4O3. The van der Waals surface area contributed by atoms with Gasteiger partial charge >= 0.3 is 0 Å². The summed E-state index contributed by atoms with van der Waals surface area (Å²) in [6.45, 7) is 9.52. The van der Waals surface area contributed by atoms with Crippen molar-refractivity contribution < 1.29 is 9.72 Å². The summed E-state index contributed by atoms with van der Waals surface area (Å²) in [4.78, 5) is 25.8. The van der Waals surface area contributed by atoms with E-state index in [1.165, 1.54) is 17.7 Å². The van der Waals surface area contributed by atoms with Crippen LogP contribution in [0.5, 0.6) is 0 Å². The smallest absolute Gasteiger partial charge is 0.272 e. The number of amides is 1. The van der Waals surface area contributed by atoms with Gasteiger partial charge in [0.15, 0.2) is 0 Å². The lowest BCUT2D eigenvalue weighted by Gasteiger charge is -2.21. The van der Waals surface area contributed by atoms with Crippen LogP contribution in [0.3, 0.4) is 0 Å². The van der Waals surface area contributed by atoms with Gasteiger partial charge in [0.05, 0.1) is 16.3 Å². The molecule has 1 aromatic heterocycles. The maximum absolute atomic E-state index is 13.4. The highest BCUT2D eigenvalue weighted by molar-refractivity contribution is 5.94. The molecule has 3 aromatic rings. The average Bonchev–Trinajstić information content (AvgIpc) is 3.20. The molecule has 1 amide bonds. The molecule has 0 spiro atoms. The van der Waals surface area contributed by atoms with E-state index in [-0.39, 0.29) is 11.6 Å². The van der Waals surface area contributed by atoms with E-state index in [4.69, 9.17) is 5.10 Å². The van der Waals surface area contributed by atoms with Gasteiger partial charge in [0.2, 0.25) is 0 Å². The predicted octanol–water partition coefficient (Wildman–Crippen LogP) is 5.33. The largest absolute Gasteiger partial charge is 0.337 e. The van der Waals surface area contributed by atoms with Crippen LogP contribution in [0.25, 0.3) is 16.9 Å². The summed E-state index contributed by atoms with van der Waals surface area (Å²) < 4.78 is 1.59. The number of carbonyl (C=O) groups is 1. The lowest BCUT2D eigenvalue weighted by atomic mass is 10.0. The number of hydrogen-bond acceptors (Lipinski definition) is 4. The van der Waals surface area contributed by atoms with Gasteiger partial charge in [-0.15, -0.1) is 0 Å². The molecule has 0 N–H and O–H groups in total. The summed E-state index contributed by atoms with van der Waals surface area (Å²) >= 11 is 0. The molecule has 0 unspecified atom stereocenters. The van der Waals surface area contributed by atoms with Crippen molar-refractivity contribution in [1.82, 2.24) is 14.7 Å². The molecule has 7 heteroatoms. The number of rotatable bonds is 8. The summed E-state index contributed by atoms with van der Waals surface area (Å²) in [6.07, 6.45) is 1.73. The Morgan fingerprint density at radius 1 is 1.00 bits per heavy atom. The van der Waals surface area contributed by atoms with Crippen molar-refractivity contribution in [2.24, 2.45) is 0 Å². The Labute approximate surface area is 182 Å². The van der Waals surface area contributed by atoms with Gasteiger partial charge in [-0.1, -0.05) is 26.0 Å². The van der Waals surface area contributed by atoms with Crippen LogP contribution in [-0.4, -0.2) is 38.6 Å². The summed E-state index contributed by atoms with van der Waals surface area (Å²) in [6, 6.07) is 14.0. The zero-order valence-electron chi connectivity index (χ0n) is 18.5. The normalized spacial score (nSPS) is 10.8. The molecule has 162 valence electrons. The lowest BCUT2D eigenvalue weighted by molar-refractivity contribution is -0.384. The Morgan fingerprint density at radius 2 is 1.65 bits per heavy atom. The third-order valence-electron chi connectivity index (χ3n) is 5.31. The molecule has 2 aromatic carbocycles. The van der Waals surface area contributed by atoms with Crippen LogP contribution in [0.2, 0.25) is 0 Å². The second kappa shape index (κ2) is 9.55. The first-order chi connectivity index (χ1) is 14.8. The first kappa shape index (κ1) is 22.2. The van der Waals surface area contributed by atoms with Crippen LogP contribution in [0.15, 0.2) is 48.5 Å². The van der Waals surface area contributed by atoms with Gasteiger partial charge in [-0.05, 0) is 62.1 Å². The monoisotopic (exact) mass is 420 g/mol. The highest BCUT2D eigenvalue weighted by Gasteiger charge is 2.22. The number of hydrogen-bond donors (Lipinski definition) is 0. The van der Waals surface area contributed by atoms with Crippen molar-refractivity contribution >= 4 is 11.6 Å². The molecule has 0 bridgehead atoms. The van der Waals surface area contributed by atoms with Crippen molar-refractivity contribution in [3.63, 3.8) is 0 Å². The van der Waals surface area contributed by atoms with Crippen LogP contribution in [-0.2, 0) is 0 Å². The summed E-state index contributed by atoms with van der Waals surface area (Å²) in [7, 11) is 0. The molecule has 31 heavy (non-hydrogen) atoms. The van der Waals surface area contributed by atoms with Gasteiger partial charge in [0.1, 0.15) is 5.69 Å². The fourth-order valence-electron chi connectivity index (χ4n) is 3.50. The maximum Gasteiger partial charge on any atom is 0.272 e. The van der Waals surface area contributed by atoms with Gasteiger partial charge in [-0.3, -0.25) is 14.9 Å². The Morgan fingerprint density at radius 3 is 2.19 bits per heavy atom. The molecule has 7 nitrogen and oxygen atoms in total. The van der Waals surface area contributed by atoms with Crippen LogP contribution in [0.4, 0.5) is 5.69 Å². The lowest BCUT2D eigenvalue weighted by Crippen LogP contribution is -2.33. The van der Waals surface area contributed by atoms with Gasteiger partial charge in [0.25, 0.3) is 11.6 Å². The molecule has 0 aliphatic carbocycles. The Kier molecular flexibility index (Phi) is 6.84. The van der Waals surface area contributed by atoms with Gasteiger partial charge in [-0.2, -0.15) is 5.10 Å². The summed E-state index contributed by atoms with van der Waals surface area (Å²) in [5.41, 5.74) is 5.01. The molecule has 0 aliphatic heterocycles. The molecule has 0 aliphatic rings. The van der Waals surface area contributed by atoms with E-state index < -0.39 is 4.92 Å². The Hall–Kier alpha value is -3.48. The second-order valence-electron chi connectivity index (χ2n) is 7.69. The van der Waals surface area contributed by atoms with E-state index in [9.17, 15) is 14.9 Å². The van der Waals surface area contributed by atoms with Crippen LogP contribution in [0.1, 0.15) is 48.3 Å². The van der Waals surface area contributed by atoms with E-state index >= 15 is 0 Å². The fraction of sp³-hybridized carbons (Fsp3) is 0.333. The van der Waals surface area contributed by atoms with Crippen molar-refractivity contribution in [2.75, 3.05) is 13.1 Å².